The molecular weight excluding hydrogens is 222 g/mol. The number of benzene rings is 1. The predicted molar refractivity (Wildman–Crippen MR) is 63.7 cm³/mol. The van der Waals surface area contributed by atoms with E-state index in [-0.39, 0.29) is 6.61 Å². The van der Waals surface area contributed by atoms with E-state index in [4.69, 9.17) is 9.84 Å². The molecular formula is C12H13NO2S. The van der Waals surface area contributed by atoms with Crippen molar-refractivity contribution in [2.75, 3.05) is 6.61 Å². The molecule has 1 aromatic carbocycles. The minimum absolute atomic E-state index is 0.137. The standard InChI is InChI=1S/C12H13NO2S/c14-7-5-10-3-1-2-4-11(10)15-9-12-13-6-8-16-12/h1-4,6,8,14H,5,7,9H2. The van der Waals surface area contributed by atoms with E-state index in [0.717, 1.165) is 16.3 Å². The van der Waals surface area contributed by atoms with Crippen molar-refractivity contribution in [2.45, 2.75) is 13.0 Å². The minimum Gasteiger partial charge on any atom is -0.486 e. The van der Waals surface area contributed by atoms with Gasteiger partial charge in [-0.1, -0.05) is 18.2 Å². The molecule has 1 aromatic heterocycles. The van der Waals surface area contributed by atoms with Gasteiger partial charge in [0.25, 0.3) is 0 Å². The molecule has 4 heteroatoms. The summed E-state index contributed by atoms with van der Waals surface area (Å²) in [5, 5.41) is 11.8. The number of hydrogen-bond acceptors (Lipinski definition) is 4. The zero-order valence-electron chi connectivity index (χ0n) is 8.80. The average molecular weight is 235 g/mol. The van der Waals surface area contributed by atoms with Gasteiger partial charge in [-0.2, -0.15) is 0 Å². The second kappa shape index (κ2) is 5.63. The molecule has 0 bridgehead atoms. The summed E-state index contributed by atoms with van der Waals surface area (Å²) >= 11 is 1.58. The first-order chi connectivity index (χ1) is 7.90. The monoisotopic (exact) mass is 235 g/mol. The van der Waals surface area contributed by atoms with Crippen LogP contribution in [0.3, 0.4) is 0 Å². The van der Waals surface area contributed by atoms with Gasteiger partial charge in [0.05, 0.1) is 0 Å². The second-order valence-corrected chi connectivity index (χ2v) is 4.27. The zero-order chi connectivity index (χ0) is 11.2. The molecule has 1 N–H and O–H groups in total. The summed E-state index contributed by atoms with van der Waals surface area (Å²) in [5.41, 5.74) is 1.03. The summed E-state index contributed by atoms with van der Waals surface area (Å²) < 4.78 is 5.67. The summed E-state index contributed by atoms with van der Waals surface area (Å²) in [6, 6.07) is 7.76. The van der Waals surface area contributed by atoms with Gasteiger partial charge in [0.15, 0.2) is 0 Å². The third-order valence-corrected chi connectivity index (χ3v) is 2.94. The van der Waals surface area contributed by atoms with Crippen LogP contribution >= 0.6 is 11.3 Å². The maximum Gasteiger partial charge on any atom is 0.140 e. The Labute approximate surface area is 98.4 Å². The lowest BCUT2D eigenvalue weighted by molar-refractivity contribution is 0.283. The van der Waals surface area contributed by atoms with Crippen LogP contribution in [0.2, 0.25) is 0 Å². The van der Waals surface area contributed by atoms with E-state index < -0.39 is 0 Å². The normalized spacial score (nSPS) is 10.3. The first kappa shape index (κ1) is 11.1. The first-order valence-electron chi connectivity index (χ1n) is 5.10. The lowest BCUT2D eigenvalue weighted by Gasteiger charge is -2.09. The van der Waals surface area contributed by atoms with Crippen molar-refractivity contribution >= 4 is 11.3 Å². The molecule has 0 aliphatic carbocycles. The first-order valence-corrected chi connectivity index (χ1v) is 5.98. The Balaban J connectivity index is 2.03. The van der Waals surface area contributed by atoms with E-state index in [2.05, 4.69) is 4.98 Å². The maximum absolute atomic E-state index is 8.93. The van der Waals surface area contributed by atoms with Gasteiger partial charge < -0.3 is 9.84 Å². The molecule has 0 radical (unpaired) electrons. The molecule has 0 spiro atoms. The molecule has 0 aliphatic rings. The number of nitrogens with zero attached hydrogens (tertiary/aromatic N) is 1. The second-order valence-electron chi connectivity index (χ2n) is 3.30. The van der Waals surface area contributed by atoms with Gasteiger partial charge >= 0.3 is 0 Å². The molecule has 0 aliphatic heterocycles. The fourth-order valence-corrected chi connectivity index (χ4v) is 1.96. The number of rotatable bonds is 5. The molecule has 2 rings (SSSR count). The number of aliphatic hydroxyl groups excluding tert-OH is 1. The van der Waals surface area contributed by atoms with Crippen molar-refractivity contribution in [1.29, 1.82) is 0 Å². The van der Waals surface area contributed by atoms with E-state index in [9.17, 15) is 0 Å². The van der Waals surface area contributed by atoms with Crippen LogP contribution in [0.25, 0.3) is 0 Å². The highest BCUT2D eigenvalue weighted by atomic mass is 32.1. The number of ether oxygens (including phenoxy) is 1. The summed E-state index contributed by atoms with van der Waals surface area (Å²) in [6.45, 7) is 0.623. The summed E-state index contributed by atoms with van der Waals surface area (Å²) in [6.07, 6.45) is 2.39. The molecule has 16 heavy (non-hydrogen) atoms. The lowest BCUT2D eigenvalue weighted by atomic mass is 10.1. The van der Waals surface area contributed by atoms with E-state index in [1.807, 2.05) is 29.6 Å². The summed E-state index contributed by atoms with van der Waals surface area (Å²) in [4.78, 5) is 4.15. The van der Waals surface area contributed by atoms with Crippen LogP contribution in [0, 0.1) is 0 Å². The van der Waals surface area contributed by atoms with Gasteiger partial charge in [0, 0.05) is 18.2 Å². The van der Waals surface area contributed by atoms with Crippen LogP contribution in [0.1, 0.15) is 10.6 Å². The molecule has 0 amide bonds. The Morgan fingerprint density at radius 3 is 2.94 bits per heavy atom. The fraction of sp³-hybridized carbons (Fsp3) is 0.250. The van der Waals surface area contributed by atoms with Gasteiger partial charge in [0.1, 0.15) is 17.4 Å². The van der Waals surface area contributed by atoms with E-state index in [1.54, 1.807) is 17.5 Å². The topological polar surface area (TPSA) is 42.4 Å². The van der Waals surface area contributed by atoms with Crippen molar-refractivity contribution in [3.8, 4) is 5.75 Å². The predicted octanol–water partition coefficient (Wildman–Crippen LogP) is 2.26. The Hall–Kier alpha value is -1.39. The van der Waals surface area contributed by atoms with Crippen LogP contribution in [0.4, 0.5) is 0 Å². The third kappa shape index (κ3) is 2.81. The number of hydrogen-bond donors (Lipinski definition) is 1. The molecule has 0 saturated heterocycles. The van der Waals surface area contributed by atoms with Crippen LogP contribution in [0.5, 0.6) is 5.75 Å². The smallest absolute Gasteiger partial charge is 0.140 e. The molecule has 1 heterocycles. The third-order valence-electron chi connectivity index (χ3n) is 2.19. The molecule has 84 valence electrons. The summed E-state index contributed by atoms with van der Waals surface area (Å²) in [7, 11) is 0. The zero-order valence-corrected chi connectivity index (χ0v) is 9.61. The fourth-order valence-electron chi connectivity index (χ4n) is 1.44. The van der Waals surface area contributed by atoms with Gasteiger partial charge in [0.2, 0.25) is 0 Å². The minimum atomic E-state index is 0.137. The molecule has 3 nitrogen and oxygen atoms in total. The number of thiazole rings is 1. The Morgan fingerprint density at radius 1 is 1.31 bits per heavy atom. The molecule has 0 unspecified atom stereocenters. The van der Waals surface area contributed by atoms with Gasteiger partial charge in [-0.25, -0.2) is 4.98 Å². The Bertz CT molecular complexity index is 428. The maximum atomic E-state index is 8.93. The Kier molecular flexibility index (Phi) is 3.91. The molecule has 0 saturated carbocycles. The number of aromatic nitrogens is 1. The molecule has 0 atom stereocenters. The Morgan fingerprint density at radius 2 is 2.19 bits per heavy atom. The highest BCUT2D eigenvalue weighted by Crippen LogP contribution is 2.20. The van der Waals surface area contributed by atoms with E-state index >= 15 is 0 Å². The highest BCUT2D eigenvalue weighted by Gasteiger charge is 2.03. The van der Waals surface area contributed by atoms with Gasteiger partial charge in [-0.3, -0.25) is 0 Å². The van der Waals surface area contributed by atoms with Crippen molar-refractivity contribution in [3.63, 3.8) is 0 Å². The van der Waals surface area contributed by atoms with Crippen molar-refractivity contribution in [3.05, 3.63) is 46.4 Å². The van der Waals surface area contributed by atoms with Crippen molar-refractivity contribution in [1.82, 2.24) is 4.98 Å². The molecule has 2 aromatic rings. The largest absolute Gasteiger partial charge is 0.486 e. The number of aliphatic hydroxyl groups is 1. The number of para-hydroxylation sites is 1. The quantitative estimate of drug-likeness (QED) is 0.864. The SMILES string of the molecule is OCCc1ccccc1OCc1nccs1. The highest BCUT2D eigenvalue weighted by molar-refractivity contribution is 7.09. The van der Waals surface area contributed by atoms with Gasteiger partial charge in [-0.05, 0) is 18.1 Å². The van der Waals surface area contributed by atoms with Crippen LogP contribution in [-0.4, -0.2) is 16.7 Å². The van der Waals surface area contributed by atoms with E-state index in [1.165, 1.54) is 0 Å². The molecule has 0 fully saturated rings. The van der Waals surface area contributed by atoms with Gasteiger partial charge in [-0.15, -0.1) is 11.3 Å². The van der Waals surface area contributed by atoms with Crippen LogP contribution in [0.15, 0.2) is 35.8 Å². The van der Waals surface area contributed by atoms with Crippen molar-refractivity contribution < 1.29 is 9.84 Å². The van der Waals surface area contributed by atoms with E-state index in [0.29, 0.717) is 13.0 Å². The average Bonchev–Trinajstić information content (AvgIpc) is 2.81. The summed E-state index contributed by atoms with van der Waals surface area (Å²) in [5.74, 6) is 0.826. The van der Waals surface area contributed by atoms with Crippen LogP contribution in [-0.2, 0) is 13.0 Å². The van der Waals surface area contributed by atoms with Crippen LogP contribution < -0.4 is 4.74 Å². The van der Waals surface area contributed by atoms with Crippen molar-refractivity contribution in [2.24, 2.45) is 0 Å². The lowest BCUT2D eigenvalue weighted by Crippen LogP contribution is -1.99.